The topological polar surface area (TPSA) is 157 Å². The summed E-state index contributed by atoms with van der Waals surface area (Å²) in [5.74, 6) is -0.285. The zero-order valence-electron chi connectivity index (χ0n) is 34.0. The van der Waals surface area contributed by atoms with Crippen LogP contribution in [0.2, 0.25) is 0 Å². The number of hydrogen-bond acceptors (Lipinski definition) is 9. The number of phenolic OH excluding ortho intramolecular Hbond substituents is 2. The van der Waals surface area contributed by atoms with E-state index in [1.54, 1.807) is 0 Å². The first-order valence-electron chi connectivity index (χ1n) is 21.1. The highest BCUT2D eigenvalue weighted by molar-refractivity contribution is 6.08. The number of phenols is 2. The summed E-state index contributed by atoms with van der Waals surface area (Å²) in [4.78, 5) is 14.8. The van der Waals surface area contributed by atoms with Gasteiger partial charge in [-0.05, 0) is 104 Å². The molecule has 9 heteroatoms. The highest BCUT2D eigenvalue weighted by atomic mass is 16.5. The number of carbonyl (C=O) groups excluding carboxylic acids is 1. The normalized spacial score (nSPS) is 43.3. The number of ether oxygens (including phenoxy) is 2. The highest BCUT2D eigenvalue weighted by Gasteiger charge is 2.69. The second-order valence-corrected chi connectivity index (χ2v) is 20.9. The summed E-state index contributed by atoms with van der Waals surface area (Å²) in [6.07, 6.45) is 5.13. The molecule has 4 fully saturated rings. The van der Waals surface area contributed by atoms with Crippen LogP contribution in [0.25, 0.3) is 0 Å². The number of fused-ring (bicyclic) bond motifs is 8. The van der Waals surface area contributed by atoms with E-state index in [1.807, 2.05) is 0 Å². The van der Waals surface area contributed by atoms with Crippen LogP contribution in [0.5, 0.6) is 23.0 Å². The van der Waals surface area contributed by atoms with Gasteiger partial charge >= 0.3 is 0 Å². The average molecular weight is 759 g/mol. The SMILES string of the molecule is C[C@@H]1CC[C@H]2C(C)(C)[C@H](O)CC[C@]2(C)[C@@]12Cc1c(O)cc3c(c1O2)[C@@H](O)[C@H](c1c(CO)cc(O)c2c1O[C@]1(C2)[C@H](C)CC[C@H]2C(C)(C)[C@H](O)CC[C@@]21C)C3=O. The fourth-order valence-corrected chi connectivity index (χ4v) is 14.8. The van der Waals surface area contributed by atoms with Gasteiger partial charge in [-0.15, -0.1) is 0 Å². The smallest absolute Gasteiger partial charge is 0.174 e. The Bertz CT molecular complexity index is 1990. The number of ketones is 1. The van der Waals surface area contributed by atoms with E-state index < -0.39 is 42.0 Å². The van der Waals surface area contributed by atoms with Crippen molar-refractivity contribution in [2.24, 2.45) is 45.3 Å². The van der Waals surface area contributed by atoms with Gasteiger partial charge in [-0.1, -0.05) is 55.4 Å². The molecule has 300 valence electrons. The van der Waals surface area contributed by atoms with E-state index in [2.05, 4.69) is 55.4 Å². The van der Waals surface area contributed by atoms with E-state index in [-0.39, 0.29) is 68.2 Å². The second kappa shape index (κ2) is 11.6. The first-order chi connectivity index (χ1) is 25.7. The average Bonchev–Trinajstić information content (AvgIpc) is 3.80. The predicted octanol–water partition coefficient (Wildman–Crippen LogP) is 7.42. The van der Waals surface area contributed by atoms with Crippen LogP contribution in [0.3, 0.4) is 0 Å². The third-order valence-electron chi connectivity index (χ3n) is 18.2. The number of aromatic hydroxyl groups is 2. The Morgan fingerprint density at radius 3 is 1.60 bits per heavy atom. The van der Waals surface area contributed by atoms with Crippen molar-refractivity contribution in [1.29, 1.82) is 0 Å². The van der Waals surface area contributed by atoms with Gasteiger partial charge in [0.1, 0.15) is 34.2 Å². The van der Waals surface area contributed by atoms with Crippen molar-refractivity contribution in [1.82, 2.24) is 0 Å². The zero-order chi connectivity index (χ0) is 39.6. The van der Waals surface area contributed by atoms with Crippen LogP contribution < -0.4 is 9.47 Å². The maximum Gasteiger partial charge on any atom is 0.174 e. The van der Waals surface area contributed by atoms with E-state index >= 15 is 0 Å². The Labute approximate surface area is 325 Å². The molecular weight excluding hydrogens is 696 g/mol. The number of benzene rings is 2. The minimum Gasteiger partial charge on any atom is -0.508 e. The number of rotatable bonds is 2. The molecule has 2 heterocycles. The molecule has 2 aliphatic heterocycles. The lowest BCUT2D eigenvalue weighted by Crippen LogP contribution is -2.66. The summed E-state index contributed by atoms with van der Waals surface area (Å²) in [7, 11) is 0. The van der Waals surface area contributed by atoms with Crippen LogP contribution in [0.1, 0.15) is 157 Å². The van der Waals surface area contributed by atoms with E-state index in [0.717, 1.165) is 38.5 Å². The quantitative estimate of drug-likeness (QED) is 0.184. The van der Waals surface area contributed by atoms with Crippen LogP contribution in [0, 0.1) is 45.3 Å². The monoisotopic (exact) mass is 758 g/mol. The summed E-state index contributed by atoms with van der Waals surface area (Å²) in [5.41, 5.74) is -0.363. The predicted molar refractivity (Wildman–Crippen MR) is 206 cm³/mol. The molecule has 0 unspecified atom stereocenters. The summed E-state index contributed by atoms with van der Waals surface area (Å²) in [6.45, 7) is 17.1. The number of aliphatic hydroxyl groups is 4. The van der Waals surface area contributed by atoms with Crippen LogP contribution in [0.15, 0.2) is 12.1 Å². The highest BCUT2D eigenvalue weighted by Crippen LogP contribution is 2.70. The lowest BCUT2D eigenvalue weighted by Gasteiger charge is -2.64. The Balaban J connectivity index is 1.15. The van der Waals surface area contributed by atoms with Gasteiger partial charge in [-0.25, -0.2) is 0 Å². The molecule has 0 saturated heterocycles. The fraction of sp³-hybridized carbons (Fsp3) is 0.717. The molecule has 9 nitrogen and oxygen atoms in total. The summed E-state index contributed by atoms with van der Waals surface area (Å²) in [5, 5.41) is 69.0. The molecule has 5 aliphatic carbocycles. The van der Waals surface area contributed by atoms with Crippen molar-refractivity contribution in [3.05, 3.63) is 45.5 Å². The molecule has 0 radical (unpaired) electrons. The fourth-order valence-electron chi connectivity index (χ4n) is 14.8. The van der Waals surface area contributed by atoms with Gasteiger partial charge < -0.3 is 40.1 Å². The van der Waals surface area contributed by atoms with Crippen molar-refractivity contribution in [3.8, 4) is 23.0 Å². The van der Waals surface area contributed by atoms with Crippen molar-refractivity contribution >= 4 is 5.78 Å². The van der Waals surface area contributed by atoms with E-state index in [9.17, 15) is 35.4 Å². The van der Waals surface area contributed by atoms with E-state index in [4.69, 9.17) is 9.47 Å². The number of hydrogen-bond donors (Lipinski definition) is 6. The van der Waals surface area contributed by atoms with Crippen molar-refractivity contribution < 1.29 is 44.9 Å². The number of aliphatic hydroxyl groups excluding tert-OH is 4. The number of carbonyl (C=O) groups is 1. The third-order valence-corrected chi connectivity index (χ3v) is 18.2. The van der Waals surface area contributed by atoms with E-state index in [1.165, 1.54) is 12.1 Å². The Hall–Kier alpha value is -2.85. The third kappa shape index (κ3) is 4.42. The van der Waals surface area contributed by atoms with Crippen molar-refractivity contribution in [3.63, 3.8) is 0 Å². The van der Waals surface area contributed by atoms with Gasteiger partial charge in [0.2, 0.25) is 0 Å². The van der Waals surface area contributed by atoms with Crippen LogP contribution in [0.4, 0.5) is 0 Å². The first-order valence-corrected chi connectivity index (χ1v) is 21.1. The Kier molecular flexibility index (Phi) is 7.98. The molecule has 4 saturated carbocycles. The van der Waals surface area contributed by atoms with Crippen LogP contribution in [-0.2, 0) is 19.4 Å². The molecule has 0 amide bonds. The number of Topliss-reactive ketones (excluding diaryl/α,β-unsaturated/α-hetero) is 1. The van der Waals surface area contributed by atoms with Gasteiger partial charge in [0, 0.05) is 51.5 Å². The molecule has 55 heavy (non-hydrogen) atoms. The molecule has 7 aliphatic rings. The summed E-state index contributed by atoms with van der Waals surface area (Å²) >= 11 is 0. The largest absolute Gasteiger partial charge is 0.508 e. The molecule has 2 aromatic rings. The maximum absolute atomic E-state index is 14.8. The molecule has 2 aromatic carbocycles. The van der Waals surface area contributed by atoms with Gasteiger partial charge in [0.05, 0.1) is 30.8 Å². The minimum absolute atomic E-state index is 0.00331. The second-order valence-electron chi connectivity index (χ2n) is 20.9. The van der Waals surface area contributed by atoms with Gasteiger partial charge in [0.15, 0.2) is 5.78 Å². The van der Waals surface area contributed by atoms with Gasteiger partial charge in [-0.2, -0.15) is 0 Å². The Morgan fingerprint density at radius 2 is 1.13 bits per heavy atom. The van der Waals surface area contributed by atoms with Gasteiger partial charge in [0.25, 0.3) is 0 Å². The lowest BCUT2D eigenvalue weighted by atomic mass is 9.43. The molecular formula is C46H62O9. The summed E-state index contributed by atoms with van der Waals surface area (Å²) < 4.78 is 14.6. The molecule has 0 aromatic heterocycles. The van der Waals surface area contributed by atoms with E-state index in [0.29, 0.717) is 65.0 Å². The molecule has 12 atom stereocenters. The zero-order valence-corrected chi connectivity index (χ0v) is 34.0. The maximum atomic E-state index is 14.8. The first kappa shape index (κ1) is 37.7. The minimum atomic E-state index is -1.35. The van der Waals surface area contributed by atoms with Gasteiger partial charge in [-0.3, -0.25) is 4.79 Å². The summed E-state index contributed by atoms with van der Waals surface area (Å²) in [6, 6.07) is 3.02. The molecule has 0 bridgehead atoms. The lowest BCUT2D eigenvalue weighted by molar-refractivity contribution is -0.210. The van der Waals surface area contributed by atoms with Crippen molar-refractivity contribution in [2.45, 2.75) is 162 Å². The molecule has 2 spiro atoms. The standard InChI is InChI=1S/C46H62O9/c1-22-9-11-30-41(3,4)32(50)13-15-43(30,7)45(22)19-26-28(48)17-24(21-47)34(39(26)54-45)36-37(52)25-18-29(49)27-20-46(55-40(27)35(25)38(36)53)23(2)10-12-31-42(5,6)33(51)14-16-44(31,46)8/h17-18,22-23,30-33,36,38,47-51,53H,9-16,19-21H2,1-8H3/t22-,23-,30+,31+,32-,33-,36-,38-,43+,44+,45-,46-/m1/s1. The van der Waals surface area contributed by atoms with Crippen LogP contribution in [-0.4, -0.2) is 59.8 Å². The molecule has 9 rings (SSSR count). The van der Waals surface area contributed by atoms with Crippen LogP contribution >= 0.6 is 0 Å². The Morgan fingerprint density at radius 1 is 0.673 bits per heavy atom. The van der Waals surface area contributed by atoms with Crippen molar-refractivity contribution in [2.75, 3.05) is 0 Å². The molecule has 6 N–H and O–H groups in total.